The van der Waals surface area contributed by atoms with Gasteiger partial charge in [-0.05, 0) is 19.1 Å². The van der Waals surface area contributed by atoms with Gasteiger partial charge < -0.3 is 5.11 Å². The van der Waals surface area contributed by atoms with Crippen molar-refractivity contribution in [3.8, 4) is 0 Å². The van der Waals surface area contributed by atoms with E-state index in [1.807, 2.05) is 0 Å². The summed E-state index contributed by atoms with van der Waals surface area (Å²) in [6.45, 7) is 1.72. The van der Waals surface area contributed by atoms with Gasteiger partial charge in [-0.15, -0.1) is 0 Å². The molecule has 82 valence electrons. The molecule has 0 bridgehead atoms. The zero-order valence-electron chi connectivity index (χ0n) is 8.62. The Balaban J connectivity index is 2.45. The van der Waals surface area contributed by atoms with Crippen molar-refractivity contribution in [3.05, 3.63) is 29.8 Å². The van der Waals surface area contributed by atoms with Crippen LogP contribution in [-0.4, -0.2) is 23.2 Å². The van der Waals surface area contributed by atoms with Crippen LogP contribution in [0.15, 0.2) is 29.4 Å². The van der Waals surface area contributed by atoms with Gasteiger partial charge in [0.1, 0.15) is 0 Å². The number of benzene rings is 1. The largest absolute Gasteiger partial charge is 0.478 e. The first-order valence-corrected chi connectivity index (χ1v) is 4.81. The Kier molecular flexibility index (Phi) is 2.44. The molecule has 1 aliphatic rings. The lowest BCUT2D eigenvalue weighted by molar-refractivity contribution is -0.119. The zero-order chi connectivity index (χ0) is 11.7. The van der Waals surface area contributed by atoms with Crippen LogP contribution in [0.2, 0.25) is 0 Å². The third-order valence-corrected chi connectivity index (χ3v) is 2.37. The molecule has 1 heterocycles. The highest BCUT2D eigenvalue weighted by molar-refractivity contribution is 6.10. The topological polar surface area (TPSA) is 70.0 Å². The SMILES string of the molecule is CC1C=NN(c2ccccc2C(=O)O)C1=O. The molecule has 5 heteroatoms. The Morgan fingerprint density at radius 2 is 2.12 bits per heavy atom. The molecular weight excluding hydrogens is 208 g/mol. The molecule has 0 aromatic heterocycles. The van der Waals surface area contributed by atoms with Crippen LogP contribution in [0.4, 0.5) is 5.69 Å². The minimum absolute atomic E-state index is 0.0714. The number of hydrogen-bond acceptors (Lipinski definition) is 3. The van der Waals surface area contributed by atoms with Gasteiger partial charge in [0.2, 0.25) is 0 Å². The summed E-state index contributed by atoms with van der Waals surface area (Å²) >= 11 is 0. The number of carboxylic acids is 1. The number of anilines is 1. The molecule has 0 saturated heterocycles. The van der Waals surface area contributed by atoms with Crippen LogP contribution in [0.25, 0.3) is 0 Å². The van der Waals surface area contributed by atoms with E-state index >= 15 is 0 Å². The first-order valence-electron chi connectivity index (χ1n) is 4.81. The summed E-state index contributed by atoms with van der Waals surface area (Å²) in [6.07, 6.45) is 1.50. The van der Waals surface area contributed by atoms with Gasteiger partial charge in [0, 0.05) is 6.21 Å². The van der Waals surface area contributed by atoms with Crippen LogP contribution in [-0.2, 0) is 4.79 Å². The van der Waals surface area contributed by atoms with Gasteiger partial charge in [-0.3, -0.25) is 4.79 Å². The Morgan fingerprint density at radius 3 is 2.69 bits per heavy atom. The van der Waals surface area contributed by atoms with Crippen molar-refractivity contribution < 1.29 is 14.7 Å². The number of nitrogens with zero attached hydrogens (tertiary/aromatic N) is 2. The summed E-state index contributed by atoms with van der Waals surface area (Å²) in [5.41, 5.74) is 0.378. The van der Waals surface area contributed by atoms with E-state index in [1.54, 1.807) is 25.1 Å². The fraction of sp³-hybridized carbons (Fsp3) is 0.182. The average molecular weight is 218 g/mol. The molecule has 1 unspecified atom stereocenters. The molecule has 1 aliphatic heterocycles. The highest BCUT2D eigenvalue weighted by Crippen LogP contribution is 2.24. The third-order valence-electron chi connectivity index (χ3n) is 2.37. The van der Waals surface area contributed by atoms with Crippen LogP contribution < -0.4 is 5.01 Å². The minimum Gasteiger partial charge on any atom is -0.478 e. The summed E-state index contributed by atoms with van der Waals surface area (Å²) in [5.74, 6) is -1.59. The minimum atomic E-state index is -1.07. The van der Waals surface area contributed by atoms with Crippen molar-refractivity contribution in [1.82, 2.24) is 0 Å². The molecular formula is C11H10N2O3. The normalized spacial score (nSPS) is 19.2. The summed E-state index contributed by atoms with van der Waals surface area (Å²) in [7, 11) is 0. The lowest BCUT2D eigenvalue weighted by Gasteiger charge is -2.15. The molecule has 0 radical (unpaired) electrons. The molecule has 1 atom stereocenters. The number of amides is 1. The number of carbonyl (C=O) groups excluding carboxylic acids is 1. The predicted octanol–water partition coefficient (Wildman–Crippen LogP) is 1.35. The van der Waals surface area contributed by atoms with Crippen LogP contribution in [0.1, 0.15) is 17.3 Å². The number of para-hydroxylation sites is 1. The van der Waals surface area contributed by atoms with E-state index in [2.05, 4.69) is 5.10 Å². The molecule has 0 fully saturated rings. The Hall–Kier alpha value is -2.17. The van der Waals surface area contributed by atoms with E-state index in [4.69, 9.17) is 5.11 Å². The molecule has 0 saturated carbocycles. The molecule has 1 N–H and O–H groups in total. The molecule has 16 heavy (non-hydrogen) atoms. The first-order chi connectivity index (χ1) is 7.61. The van der Waals surface area contributed by atoms with Gasteiger partial charge in [-0.1, -0.05) is 12.1 Å². The van der Waals surface area contributed by atoms with Crippen LogP contribution >= 0.6 is 0 Å². The summed E-state index contributed by atoms with van der Waals surface area (Å²) in [6, 6.07) is 6.30. The maximum Gasteiger partial charge on any atom is 0.337 e. The van der Waals surface area contributed by atoms with Gasteiger partial charge in [-0.2, -0.15) is 10.1 Å². The maximum absolute atomic E-state index is 11.7. The number of rotatable bonds is 2. The molecule has 2 rings (SSSR count). The summed E-state index contributed by atoms with van der Waals surface area (Å²) in [4.78, 5) is 22.7. The standard InChI is InChI=1S/C11H10N2O3/c1-7-6-12-13(10(7)14)9-5-3-2-4-8(9)11(15)16/h2-7H,1H3,(H,15,16). The lowest BCUT2D eigenvalue weighted by atomic mass is 10.1. The van der Waals surface area contributed by atoms with Crippen molar-refractivity contribution in [2.24, 2.45) is 11.0 Å². The fourth-order valence-electron chi connectivity index (χ4n) is 1.50. The summed E-state index contributed by atoms with van der Waals surface area (Å²) < 4.78 is 0. The second-order valence-electron chi connectivity index (χ2n) is 3.53. The number of hydrazone groups is 1. The molecule has 5 nitrogen and oxygen atoms in total. The van der Waals surface area contributed by atoms with Gasteiger partial charge in [-0.25, -0.2) is 4.79 Å². The van der Waals surface area contributed by atoms with E-state index in [0.717, 1.165) is 5.01 Å². The second-order valence-corrected chi connectivity index (χ2v) is 3.53. The zero-order valence-corrected chi connectivity index (χ0v) is 8.62. The fourth-order valence-corrected chi connectivity index (χ4v) is 1.50. The van der Waals surface area contributed by atoms with Crippen molar-refractivity contribution >= 4 is 23.8 Å². The lowest BCUT2D eigenvalue weighted by Crippen LogP contribution is -2.26. The van der Waals surface area contributed by atoms with Crippen LogP contribution in [0.5, 0.6) is 0 Å². The smallest absolute Gasteiger partial charge is 0.337 e. The maximum atomic E-state index is 11.7. The van der Waals surface area contributed by atoms with E-state index in [9.17, 15) is 9.59 Å². The highest BCUT2D eigenvalue weighted by atomic mass is 16.4. The van der Waals surface area contributed by atoms with Crippen LogP contribution in [0.3, 0.4) is 0 Å². The molecule has 1 amide bonds. The highest BCUT2D eigenvalue weighted by Gasteiger charge is 2.28. The second kappa shape index (κ2) is 3.77. The Bertz CT molecular complexity index is 482. The number of hydrogen-bond donors (Lipinski definition) is 1. The van der Waals surface area contributed by atoms with E-state index < -0.39 is 5.97 Å². The van der Waals surface area contributed by atoms with Crippen molar-refractivity contribution in [3.63, 3.8) is 0 Å². The molecule has 1 aromatic carbocycles. The van der Waals surface area contributed by atoms with Crippen molar-refractivity contribution in [2.75, 3.05) is 5.01 Å². The summed E-state index contributed by atoms with van der Waals surface area (Å²) in [5, 5.41) is 14.0. The monoisotopic (exact) mass is 218 g/mol. The molecule has 0 spiro atoms. The first kappa shape index (κ1) is 10.4. The average Bonchev–Trinajstić information content (AvgIpc) is 2.60. The van der Waals surface area contributed by atoms with Gasteiger partial charge >= 0.3 is 5.97 Å². The number of aromatic carboxylic acids is 1. The molecule has 1 aromatic rings. The van der Waals surface area contributed by atoms with Gasteiger partial charge in [0.15, 0.2) is 0 Å². The van der Waals surface area contributed by atoms with Gasteiger partial charge in [0.25, 0.3) is 5.91 Å². The van der Waals surface area contributed by atoms with E-state index in [0.29, 0.717) is 5.69 Å². The predicted molar refractivity (Wildman–Crippen MR) is 58.5 cm³/mol. The Labute approximate surface area is 92.0 Å². The van der Waals surface area contributed by atoms with Gasteiger partial charge in [0.05, 0.1) is 17.2 Å². The third kappa shape index (κ3) is 1.56. The Morgan fingerprint density at radius 1 is 1.44 bits per heavy atom. The number of carbonyl (C=O) groups is 2. The van der Waals surface area contributed by atoms with E-state index in [-0.39, 0.29) is 17.4 Å². The van der Waals surface area contributed by atoms with Crippen molar-refractivity contribution in [1.29, 1.82) is 0 Å². The number of carboxylic acid groups (broad SMARTS) is 1. The quantitative estimate of drug-likeness (QED) is 0.814. The van der Waals surface area contributed by atoms with E-state index in [1.165, 1.54) is 12.3 Å². The van der Waals surface area contributed by atoms with Crippen molar-refractivity contribution in [2.45, 2.75) is 6.92 Å². The molecule has 0 aliphatic carbocycles. The van der Waals surface area contributed by atoms with Crippen LogP contribution in [0, 0.1) is 5.92 Å².